The lowest BCUT2D eigenvalue weighted by molar-refractivity contribution is -0.384. The van der Waals surface area contributed by atoms with E-state index < -0.39 is 0 Å². The summed E-state index contributed by atoms with van der Waals surface area (Å²) < 4.78 is 4.82. The number of hydrogen-bond donors (Lipinski definition) is 1. The van der Waals surface area contributed by atoms with E-state index in [0.29, 0.717) is 18.0 Å². The molecule has 1 N–H and O–H groups in total. The van der Waals surface area contributed by atoms with Crippen molar-refractivity contribution in [2.24, 2.45) is 0 Å². The summed E-state index contributed by atoms with van der Waals surface area (Å²) in [6.07, 6.45) is 1.52. The van der Waals surface area contributed by atoms with E-state index in [1.807, 2.05) is 13.0 Å². The highest BCUT2D eigenvalue weighted by atomic mass is 32.2. The van der Waals surface area contributed by atoms with Crippen molar-refractivity contribution < 1.29 is 4.92 Å². The first-order valence-corrected chi connectivity index (χ1v) is 7.37. The van der Waals surface area contributed by atoms with Gasteiger partial charge in [-0.2, -0.15) is 4.37 Å². The summed E-state index contributed by atoms with van der Waals surface area (Å²) in [6, 6.07) is 5.12. The summed E-state index contributed by atoms with van der Waals surface area (Å²) >= 11 is 2.91. The molecule has 0 saturated heterocycles. The van der Waals surface area contributed by atoms with Gasteiger partial charge in [0.05, 0.1) is 4.92 Å². The molecule has 0 radical (unpaired) electrons. The van der Waals surface area contributed by atoms with Gasteiger partial charge in [0.2, 0.25) is 0 Å². The topological polar surface area (TPSA) is 81.0 Å². The zero-order valence-corrected chi connectivity index (χ0v) is 11.8. The second kappa shape index (κ2) is 6.48. The molecule has 6 nitrogen and oxygen atoms in total. The minimum Gasteiger partial charge on any atom is -0.380 e. The van der Waals surface area contributed by atoms with Crippen molar-refractivity contribution in [2.45, 2.75) is 17.0 Å². The van der Waals surface area contributed by atoms with Crippen molar-refractivity contribution in [2.75, 3.05) is 11.9 Å². The van der Waals surface area contributed by atoms with Crippen LogP contribution in [0.25, 0.3) is 0 Å². The quantitative estimate of drug-likeness (QED) is 0.501. The maximum absolute atomic E-state index is 10.9. The van der Waals surface area contributed by atoms with Crippen LogP contribution in [0.15, 0.2) is 28.9 Å². The minimum atomic E-state index is -0.375. The summed E-state index contributed by atoms with van der Waals surface area (Å²) in [5.74, 6) is 0.714. The van der Waals surface area contributed by atoms with Crippen LogP contribution in [0.1, 0.15) is 12.5 Å². The Hall–Kier alpha value is -1.67. The van der Waals surface area contributed by atoms with Gasteiger partial charge in [-0.25, -0.2) is 4.98 Å². The van der Waals surface area contributed by atoms with Crippen LogP contribution in [0, 0.1) is 10.1 Å². The van der Waals surface area contributed by atoms with E-state index in [-0.39, 0.29) is 10.6 Å². The van der Waals surface area contributed by atoms with Crippen LogP contribution in [0.5, 0.6) is 0 Å². The summed E-state index contributed by atoms with van der Waals surface area (Å²) in [5.41, 5.74) is 1.68. The summed E-state index contributed by atoms with van der Waals surface area (Å²) in [7, 11) is 0. The second-order valence-corrected chi connectivity index (χ2v) is 5.64. The molecule has 1 aromatic heterocycles. The third kappa shape index (κ3) is 3.65. The van der Waals surface area contributed by atoms with E-state index in [2.05, 4.69) is 14.7 Å². The second-order valence-electron chi connectivity index (χ2n) is 3.63. The molecule has 0 atom stereocenters. The fraction of sp³-hybridized carbons (Fsp3) is 0.273. The van der Waals surface area contributed by atoms with Gasteiger partial charge < -0.3 is 5.32 Å². The number of rotatable bonds is 6. The largest absolute Gasteiger partial charge is 0.380 e. The number of nitrogens with one attached hydrogen (secondary N) is 1. The zero-order chi connectivity index (χ0) is 13.7. The van der Waals surface area contributed by atoms with Gasteiger partial charge in [-0.3, -0.25) is 10.1 Å². The normalized spacial score (nSPS) is 10.4. The Morgan fingerprint density at radius 2 is 2.37 bits per heavy atom. The Bertz CT molecular complexity index is 560. The highest BCUT2D eigenvalue weighted by Gasteiger charge is 2.13. The van der Waals surface area contributed by atoms with Crippen molar-refractivity contribution in [3.8, 4) is 0 Å². The molecule has 0 unspecified atom stereocenters. The monoisotopic (exact) mass is 296 g/mol. The molecule has 0 aliphatic rings. The molecule has 0 amide bonds. The van der Waals surface area contributed by atoms with Gasteiger partial charge in [-0.15, -0.1) is 0 Å². The van der Waals surface area contributed by atoms with Crippen molar-refractivity contribution in [1.29, 1.82) is 0 Å². The van der Waals surface area contributed by atoms with Gasteiger partial charge in [-0.1, -0.05) is 17.8 Å². The number of nitrogens with zero attached hydrogens (tertiary/aromatic N) is 3. The first-order valence-electron chi connectivity index (χ1n) is 5.61. The smallest absolute Gasteiger partial charge is 0.292 e. The Morgan fingerprint density at radius 1 is 1.53 bits per heavy atom. The van der Waals surface area contributed by atoms with Crippen LogP contribution < -0.4 is 5.32 Å². The Balaban J connectivity index is 2.13. The molecule has 0 aliphatic carbocycles. The van der Waals surface area contributed by atoms with Crippen LogP contribution >= 0.6 is 23.3 Å². The molecule has 0 fully saturated rings. The Labute approximate surface area is 118 Å². The van der Waals surface area contributed by atoms with Crippen LogP contribution in [-0.2, 0) is 5.75 Å². The van der Waals surface area contributed by atoms with E-state index in [0.717, 1.165) is 9.90 Å². The number of hydrogen-bond acceptors (Lipinski definition) is 7. The molecule has 0 spiro atoms. The van der Waals surface area contributed by atoms with E-state index in [1.165, 1.54) is 23.9 Å². The lowest BCUT2D eigenvalue weighted by Crippen LogP contribution is -2.01. The SMILES string of the molecule is CCNc1cc(CSc2ncns2)ccc1[N+](=O)[O-]. The van der Waals surface area contributed by atoms with Crippen molar-refractivity contribution in [3.05, 3.63) is 40.2 Å². The number of aromatic nitrogens is 2. The van der Waals surface area contributed by atoms with Crippen molar-refractivity contribution >= 4 is 34.7 Å². The summed E-state index contributed by atoms with van der Waals surface area (Å²) in [4.78, 5) is 14.6. The first-order chi connectivity index (χ1) is 9.20. The molecule has 0 saturated carbocycles. The van der Waals surface area contributed by atoms with Crippen LogP contribution in [0.4, 0.5) is 11.4 Å². The molecule has 0 bridgehead atoms. The fourth-order valence-corrected chi connectivity index (χ4v) is 2.92. The van der Waals surface area contributed by atoms with E-state index in [1.54, 1.807) is 17.8 Å². The number of nitro benzene ring substituents is 1. The predicted molar refractivity (Wildman–Crippen MR) is 76.7 cm³/mol. The third-order valence-electron chi connectivity index (χ3n) is 2.33. The van der Waals surface area contributed by atoms with Crippen LogP contribution in [-0.4, -0.2) is 20.8 Å². The van der Waals surface area contributed by atoms with Crippen molar-refractivity contribution in [3.63, 3.8) is 0 Å². The maximum atomic E-state index is 10.9. The lowest BCUT2D eigenvalue weighted by Gasteiger charge is -2.06. The molecule has 1 aromatic carbocycles. The highest BCUT2D eigenvalue weighted by Crippen LogP contribution is 2.29. The summed E-state index contributed by atoms with van der Waals surface area (Å²) in [5, 5.41) is 13.9. The van der Waals surface area contributed by atoms with Gasteiger partial charge in [0.25, 0.3) is 5.69 Å². The molecule has 2 rings (SSSR count). The predicted octanol–water partition coefficient (Wildman–Crippen LogP) is 3.17. The van der Waals surface area contributed by atoms with E-state index >= 15 is 0 Å². The molecular weight excluding hydrogens is 284 g/mol. The molecule has 2 aromatic rings. The number of anilines is 1. The average molecular weight is 296 g/mol. The molecule has 100 valence electrons. The lowest BCUT2D eigenvalue weighted by atomic mass is 10.2. The minimum absolute atomic E-state index is 0.103. The van der Waals surface area contributed by atoms with Crippen LogP contribution in [0.3, 0.4) is 0 Å². The van der Waals surface area contributed by atoms with E-state index in [9.17, 15) is 10.1 Å². The van der Waals surface area contributed by atoms with Gasteiger partial charge in [-0.05, 0) is 30.1 Å². The fourth-order valence-electron chi connectivity index (χ4n) is 1.54. The van der Waals surface area contributed by atoms with Gasteiger partial charge >= 0.3 is 0 Å². The molecular formula is C11H12N4O2S2. The maximum Gasteiger partial charge on any atom is 0.292 e. The van der Waals surface area contributed by atoms with Gasteiger partial charge in [0.1, 0.15) is 12.0 Å². The first kappa shape index (κ1) is 13.8. The Kier molecular flexibility index (Phi) is 4.69. The standard InChI is InChI=1S/C11H12N4O2S2/c1-2-12-9-5-8(3-4-10(9)15(16)17)6-18-11-13-7-14-19-11/h3-5,7,12H,2,6H2,1H3. The molecule has 0 aliphatic heterocycles. The third-order valence-corrected chi connectivity index (χ3v) is 4.20. The average Bonchev–Trinajstić information content (AvgIpc) is 2.90. The zero-order valence-electron chi connectivity index (χ0n) is 10.2. The van der Waals surface area contributed by atoms with E-state index in [4.69, 9.17) is 0 Å². The summed E-state index contributed by atoms with van der Waals surface area (Å²) in [6.45, 7) is 2.56. The highest BCUT2D eigenvalue weighted by molar-refractivity contribution is 8.00. The molecule has 1 heterocycles. The number of nitro groups is 1. The number of benzene rings is 1. The molecule has 8 heteroatoms. The van der Waals surface area contributed by atoms with Crippen LogP contribution in [0.2, 0.25) is 0 Å². The van der Waals surface area contributed by atoms with Crippen molar-refractivity contribution in [1.82, 2.24) is 9.36 Å². The van der Waals surface area contributed by atoms with Gasteiger partial charge in [0, 0.05) is 18.4 Å². The van der Waals surface area contributed by atoms with Gasteiger partial charge in [0.15, 0.2) is 4.34 Å². The number of thioether (sulfide) groups is 1. The molecule has 19 heavy (non-hydrogen) atoms. The Morgan fingerprint density at radius 3 is 3.00 bits per heavy atom.